The molecular weight excluding hydrogens is 312 g/mol. The van der Waals surface area contributed by atoms with Crippen molar-refractivity contribution >= 4 is 32.5 Å². The van der Waals surface area contributed by atoms with Gasteiger partial charge in [0.1, 0.15) is 4.88 Å². The zero-order valence-corrected chi connectivity index (χ0v) is 13.1. The number of esters is 1. The van der Waals surface area contributed by atoms with Gasteiger partial charge in [-0.15, -0.1) is 0 Å². The van der Waals surface area contributed by atoms with Crippen LogP contribution in [0.2, 0.25) is 0 Å². The number of thiazole rings is 1. The number of hydrogen-bond donors (Lipinski definition) is 1. The van der Waals surface area contributed by atoms with E-state index in [1.807, 2.05) is 0 Å². The molecule has 112 valence electrons. The summed E-state index contributed by atoms with van der Waals surface area (Å²) in [7, 11) is -3.71. The number of benzene rings is 1. The molecule has 6 nitrogen and oxygen atoms in total. The second kappa shape index (κ2) is 6.23. The molecule has 0 aliphatic heterocycles. The van der Waals surface area contributed by atoms with E-state index in [0.717, 1.165) is 11.3 Å². The number of rotatable bonds is 5. The van der Waals surface area contributed by atoms with Crippen molar-refractivity contribution < 1.29 is 17.9 Å². The van der Waals surface area contributed by atoms with Gasteiger partial charge in [0.05, 0.1) is 17.2 Å². The maximum atomic E-state index is 12.2. The van der Waals surface area contributed by atoms with Crippen molar-refractivity contribution in [3.8, 4) is 0 Å². The third-order valence-corrected chi connectivity index (χ3v) is 5.07. The normalized spacial score (nSPS) is 11.1. The monoisotopic (exact) mass is 326 g/mol. The van der Waals surface area contributed by atoms with Crippen molar-refractivity contribution in [3.05, 3.63) is 40.9 Å². The number of sulfonamides is 1. The van der Waals surface area contributed by atoms with E-state index in [0.29, 0.717) is 10.6 Å². The highest BCUT2D eigenvalue weighted by Crippen LogP contribution is 2.25. The van der Waals surface area contributed by atoms with E-state index in [2.05, 4.69) is 9.71 Å². The van der Waals surface area contributed by atoms with Crippen LogP contribution in [0.3, 0.4) is 0 Å². The number of aromatic nitrogens is 1. The fourth-order valence-corrected chi connectivity index (χ4v) is 3.72. The third kappa shape index (κ3) is 3.59. The van der Waals surface area contributed by atoms with Crippen molar-refractivity contribution in [1.82, 2.24) is 4.98 Å². The van der Waals surface area contributed by atoms with E-state index >= 15 is 0 Å². The molecular formula is C13H14N2O4S2. The minimum absolute atomic E-state index is 0.135. The van der Waals surface area contributed by atoms with Crippen LogP contribution in [0, 0.1) is 6.92 Å². The Morgan fingerprint density at radius 3 is 2.62 bits per heavy atom. The molecule has 0 amide bonds. The van der Waals surface area contributed by atoms with Gasteiger partial charge in [-0.1, -0.05) is 29.5 Å². The molecule has 0 aliphatic rings. The van der Waals surface area contributed by atoms with Gasteiger partial charge in [0.2, 0.25) is 0 Å². The number of nitrogens with zero attached hydrogens (tertiary/aromatic N) is 1. The Bertz CT molecular complexity index is 739. The maximum absolute atomic E-state index is 12.2. The van der Waals surface area contributed by atoms with Gasteiger partial charge in [0.15, 0.2) is 5.13 Å². The highest BCUT2D eigenvalue weighted by Gasteiger charge is 2.20. The Kier molecular flexibility index (Phi) is 4.59. The molecule has 0 spiro atoms. The van der Waals surface area contributed by atoms with Crippen molar-refractivity contribution in [2.45, 2.75) is 18.7 Å². The predicted molar refractivity (Wildman–Crippen MR) is 80.1 cm³/mol. The average Bonchev–Trinajstić information content (AvgIpc) is 2.80. The Hall–Kier alpha value is -1.93. The molecule has 0 unspecified atom stereocenters. The summed E-state index contributed by atoms with van der Waals surface area (Å²) in [5.74, 6) is -0.502. The second-order valence-electron chi connectivity index (χ2n) is 4.07. The first-order chi connectivity index (χ1) is 9.94. The number of hydrogen-bond acceptors (Lipinski definition) is 6. The van der Waals surface area contributed by atoms with Gasteiger partial charge in [-0.3, -0.25) is 4.72 Å². The summed E-state index contributed by atoms with van der Waals surface area (Å²) in [5.41, 5.74) is 0.434. The summed E-state index contributed by atoms with van der Waals surface area (Å²) in [6.45, 7) is 3.58. The largest absolute Gasteiger partial charge is 0.462 e. The predicted octanol–water partition coefficient (Wildman–Crippen LogP) is 2.43. The highest BCUT2D eigenvalue weighted by molar-refractivity contribution is 7.93. The molecule has 0 atom stereocenters. The summed E-state index contributed by atoms with van der Waals surface area (Å²) >= 11 is 0.953. The van der Waals surface area contributed by atoms with Gasteiger partial charge < -0.3 is 4.74 Å². The molecule has 8 heteroatoms. The van der Waals surface area contributed by atoms with Crippen molar-refractivity contribution in [1.29, 1.82) is 0 Å². The Morgan fingerprint density at radius 1 is 1.33 bits per heavy atom. The number of ether oxygens (including phenoxy) is 1. The lowest BCUT2D eigenvalue weighted by atomic mass is 10.4. The maximum Gasteiger partial charge on any atom is 0.350 e. The molecule has 1 N–H and O–H groups in total. The number of carbonyl (C=O) groups is 1. The van der Waals surface area contributed by atoms with E-state index in [1.165, 1.54) is 12.1 Å². The van der Waals surface area contributed by atoms with Gasteiger partial charge >= 0.3 is 5.97 Å². The molecule has 2 aromatic rings. The molecule has 1 heterocycles. The van der Waals surface area contributed by atoms with Crippen molar-refractivity contribution in [3.63, 3.8) is 0 Å². The summed E-state index contributed by atoms with van der Waals surface area (Å²) in [5, 5.41) is 0.138. The number of aryl methyl sites for hydroxylation is 1. The van der Waals surface area contributed by atoms with Gasteiger partial charge in [-0.2, -0.15) is 0 Å². The summed E-state index contributed by atoms with van der Waals surface area (Å²) in [6.07, 6.45) is 0. The molecule has 2 rings (SSSR count). The van der Waals surface area contributed by atoms with E-state index in [4.69, 9.17) is 4.74 Å². The van der Waals surface area contributed by atoms with Crippen LogP contribution >= 0.6 is 11.3 Å². The first-order valence-corrected chi connectivity index (χ1v) is 8.46. The zero-order valence-electron chi connectivity index (χ0n) is 11.5. The number of nitrogens with one attached hydrogen (secondary N) is 1. The molecule has 1 aromatic heterocycles. The summed E-state index contributed by atoms with van der Waals surface area (Å²) < 4.78 is 31.6. The summed E-state index contributed by atoms with van der Waals surface area (Å²) in [6, 6.07) is 7.95. The second-order valence-corrected chi connectivity index (χ2v) is 6.75. The van der Waals surface area contributed by atoms with E-state index in [9.17, 15) is 13.2 Å². The van der Waals surface area contributed by atoms with Crippen LogP contribution in [-0.4, -0.2) is 26.0 Å². The topological polar surface area (TPSA) is 85.4 Å². The lowest BCUT2D eigenvalue weighted by Gasteiger charge is -2.04. The van der Waals surface area contributed by atoms with Crippen LogP contribution in [0.5, 0.6) is 0 Å². The smallest absolute Gasteiger partial charge is 0.350 e. The highest BCUT2D eigenvalue weighted by atomic mass is 32.2. The average molecular weight is 326 g/mol. The van der Waals surface area contributed by atoms with Gasteiger partial charge in [0, 0.05) is 0 Å². The van der Waals surface area contributed by atoms with Crippen LogP contribution in [0.25, 0.3) is 0 Å². The minimum Gasteiger partial charge on any atom is -0.462 e. The Morgan fingerprint density at radius 2 is 2.00 bits per heavy atom. The first-order valence-electron chi connectivity index (χ1n) is 6.16. The molecule has 0 bridgehead atoms. The standard InChI is InChI=1S/C13H14N2O4S2/c1-3-19-12(16)11-9(2)14-13(20-11)15-21(17,18)10-7-5-4-6-8-10/h4-8H,3H2,1-2H3,(H,14,15). The van der Waals surface area contributed by atoms with Gasteiger partial charge in [0.25, 0.3) is 10.0 Å². The number of carbonyl (C=O) groups excluding carboxylic acids is 1. The van der Waals surface area contributed by atoms with Crippen LogP contribution in [-0.2, 0) is 14.8 Å². The van der Waals surface area contributed by atoms with Gasteiger partial charge in [-0.05, 0) is 26.0 Å². The Labute approximate surface area is 126 Å². The minimum atomic E-state index is -3.71. The van der Waals surface area contributed by atoms with Crippen molar-refractivity contribution in [2.24, 2.45) is 0 Å². The van der Waals surface area contributed by atoms with E-state index in [1.54, 1.807) is 32.0 Å². The lowest BCUT2D eigenvalue weighted by Crippen LogP contribution is -2.12. The molecule has 0 aliphatic carbocycles. The van der Waals surface area contributed by atoms with Gasteiger partial charge in [-0.25, -0.2) is 18.2 Å². The molecule has 21 heavy (non-hydrogen) atoms. The SMILES string of the molecule is CCOC(=O)c1sc(NS(=O)(=O)c2ccccc2)nc1C. The van der Waals surface area contributed by atoms with Crippen LogP contribution in [0.4, 0.5) is 5.13 Å². The van der Waals surface area contributed by atoms with E-state index < -0.39 is 16.0 Å². The van der Waals surface area contributed by atoms with Crippen LogP contribution in [0.15, 0.2) is 35.2 Å². The Balaban J connectivity index is 2.25. The molecule has 0 fully saturated rings. The third-order valence-electron chi connectivity index (χ3n) is 2.53. The molecule has 0 radical (unpaired) electrons. The molecule has 1 aromatic carbocycles. The molecule has 0 saturated carbocycles. The zero-order chi connectivity index (χ0) is 15.5. The van der Waals surface area contributed by atoms with Crippen LogP contribution in [0.1, 0.15) is 22.3 Å². The first kappa shape index (κ1) is 15.5. The summed E-state index contributed by atoms with van der Waals surface area (Å²) in [4.78, 5) is 16.2. The quantitative estimate of drug-likeness (QED) is 0.853. The fraction of sp³-hybridized carbons (Fsp3) is 0.231. The van der Waals surface area contributed by atoms with Crippen LogP contribution < -0.4 is 4.72 Å². The van der Waals surface area contributed by atoms with Crippen molar-refractivity contribution in [2.75, 3.05) is 11.3 Å². The fourth-order valence-electron chi connectivity index (χ4n) is 1.60. The molecule has 0 saturated heterocycles. The lowest BCUT2D eigenvalue weighted by molar-refractivity contribution is 0.0531. The number of anilines is 1. The van der Waals surface area contributed by atoms with E-state index in [-0.39, 0.29) is 16.6 Å².